The van der Waals surface area contributed by atoms with E-state index in [1.807, 2.05) is 0 Å². The molecule has 12 aromatic rings. The Morgan fingerprint density at radius 1 is 0.254 bits per heavy atom. The fourth-order valence-electron chi connectivity index (χ4n) is 11.0. The van der Waals surface area contributed by atoms with E-state index in [1.165, 1.54) is 131 Å². The molecule has 0 N–H and O–H groups in total. The number of rotatable bonds is 3. The van der Waals surface area contributed by atoms with Crippen LogP contribution in [0.4, 0.5) is 0 Å². The third kappa shape index (κ3) is 4.49. The summed E-state index contributed by atoms with van der Waals surface area (Å²) in [6, 6.07) is 73.4. The van der Waals surface area contributed by atoms with Crippen LogP contribution in [0.25, 0.3) is 120 Å². The second kappa shape index (κ2) is 11.9. The molecule has 274 valence electrons. The van der Waals surface area contributed by atoms with E-state index in [9.17, 15) is 0 Å². The minimum absolute atomic E-state index is 0.0966. The molecule has 59 heavy (non-hydrogen) atoms. The lowest BCUT2D eigenvalue weighted by molar-refractivity contribution is 0.660. The molecule has 1 aliphatic rings. The average molecular weight is 747 g/mol. The van der Waals surface area contributed by atoms with Crippen molar-refractivity contribution >= 4 is 75.4 Å². The van der Waals surface area contributed by atoms with Gasteiger partial charge in [-0.05, 0) is 155 Å². The van der Waals surface area contributed by atoms with Crippen LogP contribution in [0.2, 0.25) is 0 Å². The summed E-state index contributed by atoms with van der Waals surface area (Å²) in [4.78, 5) is 0. The van der Waals surface area contributed by atoms with E-state index in [4.69, 9.17) is 0 Å². The summed E-state index contributed by atoms with van der Waals surface area (Å²) in [5.41, 5.74) is 13.0. The Morgan fingerprint density at radius 2 is 0.729 bits per heavy atom. The van der Waals surface area contributed by atoms with Gasteiger partial charge < -0.3 is 0 Å². The largest absolute Gasteiger partial charge is 0.0619 e. The first-order valence-electron chi connectivity index (χ1n) is 20.8. The van der Waals surface area contributed by atoms with E-state index in [-0.39, 0.29) is 5.41 Å². The van der Waals surface area contributed by atoms with Crippen molar-refractivity contribution < 1.29 is 0 Å². The van der Waals surface area contributed by atoms with Crippen molar-refractivity contribution in [1.29, 1.82) is 0 Å². The van der Waals surface area contributed by atoms with Crippen molar-refractivity contribution in [2.75, 3.05) is 0 Å². The first-order chi connectivity index (χ1) is 29.0. The highest BCUT2D eigenvalue weighted by Gasteiger charge is 2.35. The molecule has 1 aliphatic carbocycles. The van der Waals surface area contributed by atoms with Gasteiger partial charge >= 0.3 is 0 Å². The van der Waals surface area contributed by atoms with Crippen LogP contribution in [-0.2, 0) is 5.41 Å². The molecule has 12 aromatic carbocycles. The molecule has 0 fully saturated rings. The van der Waals surface area contributed by atoms with Gasteiger partial charge in [-0.1, -0.05) is 184 Å². The highest BCUT2D eigenvalue weighted by molar-refractivity contribution is 6.32. The fraction of sp³-hybridized carbons (Fsp3) is 0.0508. The topological polar surface area (TPSA) is 0 Å². The minimum Gasteiger partial charge on any atom is -0.0619 e. The number of fused-ring (bicyclic) bond motifs is 9. The summed E-state index contributed by atoms with van der Waals surface area (Å²) in [5.74, 6) is 0. The molecule has 13 rings (SSSR count). The maximum absolute atomic E-state index is 2.51. The van der Waals surface area contributed by atoms with Crippen LogP contribution in [-0.4, -0.2) is 0 Å². The van der Waals surface area contributed by atoms with Gasteiger partial charge in [-0.25, -0.2) is 0 Å². The van der Waals surface area contributed by atoms with Crippen LogP contribution < -0.4 is 0 Å². The quantitative estimate of drug-likeness (QED) is 0.158. The molecule has 0 aliphatic heterocycles. The standard InChI is InChI=1S/C59H38/c1-59(2)55-22-12-11-21-46(55)47-27-25-38(33-56(47)59)51-34-54(53-32-37-14-4-6-16-40(37)42-18-8-10-20-44(42)53)50-28-24-35-23-26-45(48-29-30-49(51)58(50)57(35)48)52-31-36-13-3-5-15-39(36)41-17-7-9-19-43(41)52/h3-34H,1-2H3. The molecule has 0 aromatic heterocycles. The lowest BCUT2D eigenvalue weighted by atomic mass is 9.80. The zero-order valence-corrected chi connectivity index (χ0v) is 33.0. The average Bonchev–Trinajstić information content (AvgIpc) is 3.52. The molecule has 0 saturated heterocycles. The summed E-state index contributed by atoms with van der Waals surface area (Å²) >= 11 is 0. The summed E-state index contributed by atoms with van der Waals surface area (Å²) in [5, 5.41) is 18.1. The number of hydrogen-bond acceptors (Lipinski definition) is 0. The SMILES string of the molecule is CC1(C)c2ccccc2-c2ccc(-c3cc(-c4cc5ccccc5c5ccccc45)c4ccc5ccc(-c6cc7ccccc7c7ccccc67)c6ccc3c4c56)cc21. The smallest absolute Gasteiger partial charge is 0.0159 e. The third-order valence-corrected chi connectivity index (χ3v) is 13.8. The zero-order valence-electron chi connectivity index (χ0n) is 33.0. The summed E-state index contributed by atoms with van der Waals surface area (Å²) in [6.45, 7) is 4.77. The lowest BCUT2D eigenvalue weighted by Crippen LogP contribution is -2.14. The molecule has 0 nitrogen and oxygen atoms in total. The molecule has 0 bridgehead atoms. The zero-order chi connectivity index (χ0) is 39.0. The molecule has 0 heterocycles. The van der Waals surface area contributed by atoms with Gasteiger partial charge in [0.1, 0.15) is 0 Å². The number of benzene rings is 12. The second-order valence-corrected chi connectivity index (χ2v) is 17.1. The summed E-state index contributed by atoms with van der Waals surface area (Å²) < 4.78 is 0. The van der Waals surface area contributed by atoms with Gasteiger partial charge in [-0.2, -0.15) is 0 Å². The van der Waals surface area contributed by atoms with E-state index in [0.717, 1.165) is 0 Å². The normalized spacial score (nSPS) is 13.4. The Balaban J connectivity index is 1.16. The first kappa shape index (κ1) is 32.8. The summed E-state index contributed by atoms with van der Waals surface area (Å²) in [7, 11) is 0. The maximum atomic E-state index is 2.51. The van der Waals surface area contributed by atoms with Gasteiger partial charge in [0, 0.05) is 5.41 Å². The second-order valence-electron chi connectivity index (χ2n) is 17.1. The molecule has 0 radical (unpaired) electrons. The molecule has 0 spiro atoms. The van der Waals surface area contributed by atoms with Crippen LogP contribution in [0.1, 0.15) is 25.0 Å². The van der Waals surface area contributed by atoms with E-state index >= 15 is 0 Å². The minimum atomic E-state index is -0.0966. The predicted octanol–water partition coefficient (Wildman–Crippen LogP) is 16.5. The van der Waals surface area contributed by atoms with Crippen LogP contribution in [0.15, 0.2) is 194 Å². The van der Waals surface area contributed by atoms with Gasteiger partial charge in [0.15, 0.2) is 0 Å². The number of hydrogen-bond donors (Lipinski definition) is 0. The molecule has 0 saturated carbocycles. The maximum Gasteiger partial charge on any atom is 0.0159 e. The monoisotopic (exact) mass is 746 g/mol. The predicted molar refractivity (Wildman–Crippen MR) is 254 cm³/mol. The van der Waals surface area contributed by atoms with Gasteiger partial charge in [-0.3, -0.25) is 0 Å². The van der Waals surface area contributed by atoms with Crippen LogP contribution in [0.3, 0.4) is 0 Å². The van der Waals surface area contributed by atoms with Crippen LogP contribution >= 0.6 is 0 Å². The lowest BCUT2D eigenvalue weighted by Gasteiger charge is -2.23. The van der Waals surface area contributed by atoms with Crippen molar-refractivity contribution in [3.8, 4) is 44.5 Å². The Kier molecular flexibility index (Phi) is 6.60. The molecule has 0 amide bonds. The molecular weight excluding hydrogens is 709 g/mol. The van der Waals surface area contributed by atoms with Crippen molar-refractivity contribution in [3.63, 3.8) is 0 Å². The first-order valence-corrected chi connectivity index (χ1v) is 20.8. The van der Waals surface area contributed by atoms with Crippen molar-refractivity contribution in [2.45, 2.75) is 19.3 Å². The van der Waals surface area contributed by atoms with E-state index in [0.29, 0.717) is 0 Å². The highest BCUT2D eigenvalue weighted by Crippen LogP contribution is 2.52. The van der Waals surface area contributed by atoms with Crippen molar-refractivity contribution in [3.05, 3.63) is 205 Å². The Bertz CT molecular complexity index is 3750. The fourth-order valence-corrected chi connectivity index (χ4v) is 11.0. The Hall–Kier alpha value is -7.28. The van der Waals surface area contributed by atoms with Gasteiger partial charge in [0.25, 0.3) is 0 Å². The molecule has 0 unspecified atom stereocenters. The highest BCUT2D eigenvalue weighted by atomic mass is 14.4. The molecule has 0 atom stereocenters. The third-order valence-electron chi connectivity index (χ3n) is 13.8. The summed E-state index contributed by atoms with van der Waals surface area (Å²) in [6.07, 6.45) is 0. The van der Waals surface area contributed by atoms with E-state index < -0.39 is 0 Å². The van der Waals surface area contributed by atoms with Crippen molar-refractivity contribution in [2.24, 2.45) is 0 Å². The Morgan fingerprint density at radius 3 is 1.42 bits per heavy atom. The molecular formula is C59H38. The molecule has 0 heteroatoms. The van der Waals surface area contributed by atoms with Crippen LogP contribution in [0.5, 0.6) is 0 Å². The van der Waals surface area contributed by atoms with Gasteiger partial charge in [0.2, 0.25) is 0 Å². The Labute approximate surface area is 342 Å². The van der Waals surface area contributed by atoms with Gasteiger partial charge in [0.05, 0.1) is 0 Å². The van der Waals surface area contributed by atoms with Gasteiger partial charge in [-0.15, -0.1) is 0 Å². The van der Waals surface area contributed by atoms with E-state index in [1.54, 1.807) is 0 Å². The van der Waals surface area contributed by atoms with E-state index in [2.05, 4.69) is 208 Å². The van der Waals surface area contributed by atoms with Crippen LogP contribution in [0, 0.1) is 0 Å². The van der Waals surface area contributed by atoms with Crippen molar-refractivity contribution in [1.82, 2.24) is 0 Å².